The summed E-state index contributed by atoms with van der Waals surface area (Å²) in [5.41, 5.74) is 1.58. The van der Waals surface area contributed by atoms with Gasteiger partial charge in [0, 0.05) is 34.7 Å². The molecule has 0 bridgehead atoms. The van der Waals surface area contributed by atoms with Crippen LogP contribution in [-0.4, -0.2) is 33.5 Å². The average Bonchev–Trinajstić information content (AvgIpc) is 3.35. The molecule has 1 saturated heterocycles. The van der Waals surface area contributed by atoms with Gasteiger partial charge < -0.3 is 9.88 Å². The van der Waals surface area contributed by atoms with Crippen molar-refractivity contribution in [2.45, 2.75) is 18.8 Å². The van der Waals surface area contributed by atoms with E-state index in [0.717, 1.165) is 31.6 Å². The molecule has 4 rings (SSSR count). The molecule has 136 valence electrons. The molecule has 0 atom stereocenters. The lowest BCUT2D eigenvalue weighted by Crippen LogP contribution is -2.26. The second-order valence-corrected chi connectivity index (χ2v) is 7.13. The van der Waals surface area contributed by atoms with Crippen LogP contribution >= 0.6 is 23.7 Å². The summed E-state index contributed by atoms with van der Waals surface area (Å²) < 4.78 is 1.90. The smallest absolute Gasteiger partial charge is 0.257 e. The van der Waals surface area contributed by atoms with E-state index < -0.39 is 0 Å². The highest BCUT2D eigenvalue weighted by atomic mass is 35.5. The van der Waals surface area contributed by atoms with Gasteiger partial charge in [0.25, 0.3) is 5.91 Å². The number of hydrogen-bond acceptors (Lipinski definition) is 5. The van der Waals surface area contributed by atoms with Crippen molar-refractivity contribution in [1.82, 2.24) is 19.9 Å². The molecule has 1 aliphatic heterocycles. The summed E-state index contributed by atoms with van der Waals surface area (Å²) in [6.07, 6.45) is 9.48. The van der Waals surface area contributed by atoms with Crippen molar-refractivity contribution in [2.75, 3.05) is 18.4 Å². The predicted molar refractivity (Wildman–Crippen MR) is 106 cm³/mol. The van der Waals surface area contributed by atoms with Crippen LogP contribution in [0.5, 0.6) is 0 Å². The van der Waals surface area contributed by atoms with Gasteiger partial charge in [-0.3, -0.25) is 10.1 Å². The molecule has 6 nitrogen and oxygen atoms in total. The number of amides is 1. The van der Waals surface area contributed by atoms with Crippen molar-refractivity contribution in [2.24, 2.45) is 0 Å². The van der Waals surface area contributed by atoms with E-state index >= 15 is 0 Å². The fourth-order valence-electron chi connectivity index (χ4n) is 3.01. The van der Waals surface area contributed by atoms with Crippen molar-refractivity contribution in [1.29, 1.82) is 0 Å². The van der Waals surface area contributed by atoms with Gasteiger partial charge in [-0.05, 0) is 56.1 Å². The Kier molecular flexibility index (Phi) is 6.03. The first kappa shape index (κ1) is 18.6. The number of imidazole rings is 1. The number of thiazole rings is 1. The minimum atomic E-state index is -0.136. The molecule has 1 fully saturated rings. The van der Waals surface area contributed by atoms with Crippen LogP contribution in [0.25, 0.3) is 5.69 Å². The summed E-state index contributed by atoms with van der Waals surface area (Å²) >= 11 is 1.58. The number of benzene rings is 1. The number of rotatable bonds is 4. The van der Waals surface area contributed by atoms with Crippen LogP contribution in [0.15, 0.2) is 49.2 Å². The van der Waals surface area contributed by atoms with Gasteiger partial charge in [-0.1, -0.05) is 0 Å². The molecule has 0 spiro atoms. The van der Waals surface area contributed by atoms with Crippen LogP contribution in [0, 0.1) is 0 Å². The molecule has 3 heterocycles. The minimum absolute atomic E-state index is 0. The third-order valence-corrected chi connectivity index (χ3v) is 5.49. The summed E-state index contributed by atoms with van der Waals surface area (Å²) in [6.45, 7) is 2.10. The van der Waals surface area contributed by atoms with Crippen molar-refractivity contribution in [3.63, 3.8) is 0 Å². The Morgan fingerprint density at radius 3 is 2.69 bits per heavy atom. The second-order valence-electron chi connectivity index (χ2n) is 6.06. The van der Waals surface area contributed by atoms with Crippen molar-refractivity contribution >= 4 is 34.8 Å². The van der Waals surface area contributed by atoms with E-state index in [-0.39, 0.29) is 18.3 Å². The molecule has 2 aromatic heterocycles. The lowest BCUT2D eigenvalue weighted by Gasteiger charge is -2.20. The van der Waals surface area contributed by atoms with E-state index in [1.165, 1.54) is 4.88 Å². The monoisotopic (exact) mass is 389 g/mol. The standard InChI is InChI=1S/C18H19N5OS.ClH/c24-17(14-1-3-15(4-2-14)23-10-9-20-12-23)22-18-21-11-16(25-18)13-5-7-19-8-6-13;/h1-4,9-13,19H,5-8H2,(H,21,22,24);1H. The van der Waals surface area contributed by atoms with Crippen LogP contribution < -0.4 is 10.6 Å². The maximum atomic E-state index is 12.4. The van der Waals surface area contributed by atoms with E-state index in [1.807, 2.05) is 41.2 Å². The van der Waals surface area contributed by atoms with Crippen molar-refractivity contribution < 1.29 is 4.79 Å². The number of aromatic nitrogens is 3. The third kappa shape index (κ3) is 4.12. The van der Waals surface area contributed by atoms with E-state index in [2.05, 4.69) is 20.6 Å². The highest BCUT2D eigenvalue weighted by Crippen LogP contribution is 2.31. The van der Waals surface area contributed by atoms with Crippen LogP contribution in [0.2, 0.25) is 0 Å². The molecule has 26 heavy (non-hydrogen) atoms. The van der Waals surface area contributed by atoms with Crippen molar-refractivity contribution in [3.8, 4) is 5.69 Å². The average molecular weight is 390 g/mol. The van der Waals surface area contributed by atoms with Gasteiger partial charge in [-0.15, -0.1) is 23.7 Å². The first-order valence-corrected chi connectivity index (χ1v) is 9.17. The zero-order valence-electron chi connectivity index (χ0n) is 14.1. The summed E-state index contributed by atoms with van der Waals surface area (Å²) in [5, 5.41) is 6.94. The van der Waals surface area contributed by atoms with Gasteiger partial charge in [0.15, 0.2) is 5.13 Å². The molecule has 1 aromatic carbocycles. The van der Waals surface area contributed by atoms with Crippen LogP contribution in [-0.2, 0) is 0 Å². The normalized spacial score (nSPS) is 14.6. The summed E-state index contributed by atoms with van der Waals surface area (Å²) in [4.78, 5) is 22.1. The lowest BCUT2D eigenvalue weighted by molar-refractivity contribution is 0.102. The molecule has 3 aromatic rings. The van der Waals surface area contributed by atoms with Gasteiger partial charge in [0.2, 0.25) is 0 Å². The molecule has 2 N–H and O–H groups in total. The van der Waals surface area contributed by atoms with E-state index in [4.69, 9.17) is 0 Å². The SMILES string of the molecule is Cl.O=C(Nc1ncc(C2CCNCC2)s1)c1ccc(-n2ccnc2)cc1. The topological polar surface area (TPSA) is 71.8 Å². The number of hydrogen-bond donors (Lipinski definition) is 2. The molecule has 0 saturated carbocycles. The fourth-order valence-corrected chi connectivity index (χ4v) is 3.99. The summed E-state index contributed by atoms with van der Waals surface area (Å²) in [7, 11) is 0. The largest absolute Gasteiger partial charge is 0.317 e. The number of halogens is 1. The van der Waals surface area contributed by atoms with Crippen LogP contribution in [0.1, 0.15) is 34.0 Å². The lowest BCUT2D eigenvalue weighted by atomic mass is 9.97. The van der Waals surface area contributed by atoms with Crippen LogP contribution in [0.3, 0.4) is 0 Å². The zero-order valence-corrected chi connectivity index (χ0v) is 15.7. The maximum Gasteiger partial charge on any atom is 0.257 e. The third-order valence-electron chi connectivity index (χ3n) is 4.42. The summed E-state index contributed by atoms with van der Waals surface area (Å²) in [5.74, 6) is 0.419. The van der Waals surface area contributed by atoms with Gasteiger partial charge in [-0.2, -0.15) is 0 Å². The van der Waals surface area contributed by atoms with E-state index in [9.17, 15) is 4.79 Å². The molecular weight excluding hydrogens is 370 g/mol. The van der Waals surface area contributed by atoms with Crippen LogP contribution in [0.4, 0.5) is 5.13 Å². The predicted octanol–water partition coefficient (Wildman–Crippen LogP) is 3.47. The minimum Gasteiger partial charge on any atom is -0.317 e. The van der Waals surface area contributed by atoms with Gasteiger partial charge in [-0.25, -0.2) is 9.97 Å². The molecule has 0 aliphatic carbocycles. The molecular formula is C18H20ClN5OS. The van der Waals surface area contributed by atoms with Gasteiger partial charge in [0.1, 0.15) is 0 Å². The molecule has 1 amide bonds. The Bertz CT molecular complexity index is 841. The first-order chi connectivity index (χ1) is 12.3. The second kappa shape index (κ2) is 8.44. The number of carbonyl (C=O) groups is 1. The Morgan fingerprint density at radius 1 is 1.23 bits per heavy atom. The molecule has 0 radical (unpaired) electrons. The Labute approximate surface area is 162 Å². The number of nitrogens with zero attached hydrogens (tertiary/aromatic N) is 3. The quantitative estimate of drug-likeness (QED) is 0.716. The first-order valence-electron chi connectivity index (χ1n) is 8.36. The molecule has 1 aliphatic rings. The highest BCUT2D eigenvalue weighted by Gasteiger charge is 2.18. The number of piperidine rings is 1. The number of carbonyl (C=O) groups excluding carboxylic acids is 1. The maximum absolute atomic E-state index is 12.4. The highest BCUT2D eigenvalue weighted by molar-refractivity contribution is 7.15. The van der Waals surface area contributed by atoms with Crippen molar-refractivity contribution in [3.05, 3.63) is 59.6 Å². The Morgan fingerprint density at radius 2 is 2.00 bits per heavy atom. The molecule has 8 heteroatoms. The van der Waals surface area contributed by atoms with Gasteiger partial charge >= 0.3 is 0 Å². The van der Waals surface area contributed by atoms with E-state index in [0.29, 0.717) is 16.6 Å². The Hall–Kier alpha value is -2.22. The molecule has 0 unspecified atom stereocenters. The fraction of sp³-hybridized carbons (Fsp3) is 0.278. The number of anilines is 1. The number of nitrogens with one attached hydrogen (secondary N) is 2. The zero-order chi connectivity index (χ0) is 17.1. The summed E-state index contributed by atoms with van der Waals surface area (Å²) in [6, 6.07) is 7.43. The Balaban J connectivity index is 0.00000196. The van der Waals surface area contributed by atoms with E-state index in [1.54, 1.807) is 23.9 Å². The van der Waals surface area contributed by atoms with Gasteiger partial charge in [0.05, 0.1) is 6.33 Å².